The van der Waals surface area contributed by atoms with E-state index >= 15 is 0 Å². The number of hydrogen-bond donors (Lipinski definition) is 4. The Morgan fingerprint density at radius 1 is 1.58 bits per heavy atom. The van der Waals surface area contributed by atoms with Crippen LogP contribution in [0.2, 0.25) is 0 Å². The first kappa shape index (κ1) is 13.9. The van der Waals surface area contributed by atoms with Gasteiger partial charge in [-0.1, -0.05) is 6.92 Å². The third kappa shape index (κ3) is 2.12. The molecule has 0 aromatic carbocycles. The molecular formula is C11H17N3O5. The number of aromatic nitrogens is 2. The minimum Gasteiger partial charge on any atom is -0.393 e. The van der Waals surface area contributed by atoms with E-state index in [0.29, 0.717) is 0 Å². The fourth-order valence-electron chi connectivity index (χ4n) is 2.22. The van der Waals surface area contributed by atoms with Crippen molar-refractivity contribution in [3.8, 4) is 0 Å². The Morgan fingerprint density at radius 3 is 2.74 bits per heavy atom. The molecule has 1 fully saturated rings. The summed E-state index contributed by atoms with van der Waals surface area (Å²) in [5.74, 6) is 0.0539. The molecule has 0 aliphatic carbocycles. The number of nitrogen functional groups attached to an aromatic ring is 1. The van der Waals surface area contributed by atoms with Crippen LogP contribution in [0.1, 0.15) is 19.6 Å². The molecule has 1 saturated heterocycles. The molecule has 4 unspecified atom stereocenters. The molecule has 0 spiro atoms. The van der Waals surface area contributed by atoms with E-state index in [1.54, 1.807) is 6.92 Å². The Kier molecular flexibility index (Phi) is 3.59. The van der Waals surface area contributed by atoms with Gasteiger partial charge in [0.2, 0.25) is 0 Å². The first-order valence-electron chi connectivity index (χ1n) is 5.94. The van der Waals surface area contributed by atoms with Crippen molar-refractivity contribution in [2.75, 3.05) is 12.3 Å². The van der Waals surface area contributed by atoms with E-state index in [1.165, 1.54) is 12.3 Å². The number of ether oxygens (including phenoxy) is 1. The maximum atomic E-state index is 11.7. The summed E-state index contributed by atoms with van der Waals surface area (Å²) in [7, 11) is 0. The van der Waals surface area contributed by atoms with Crippen LogP contribution in [0, 0.1) is 0 Å². The zero-order valence-electron chi connectivity index (χ0n) is 10.4. The van der Waals surface area contributed by atoms with Gasteiger partial charge < -0.3 is 25.8 Å². The molecule has 8 nitrogen and oxygen atoms in total. The zero-order chi connectivity index (χ0) is 14.2. The SMILES string of the molecule is CCC1(CO)OC(n2ccc(N)nc2=O)C(O)C1O. The zero-order valence-corrected chi connectivity index (χ0v) is 10.4. The van der Waals surface area contributed by atoms with Crippen LogP contribution >= 0.6 is 0 Å². The van der Waals surface area contributed by atoms with Crippen molar-refractivity contribution in [2.45, 2.75) is 37.4 Å². The second-order valence-electron chi connectivity index (χ2n) is 4.56. The molecule has 0 amide bonds. The average Bonchev–Trinajstić information content (AvgIpc) is 2.64. The summed E-state index contributed by atoms with van der Waals surface area (Å²) in [5, 5.41) is 29.4. The molecule has 2 heterocycles. The minimum atomic E-state index is -1.34. The van der Waals surface area contributed by atoms with Crippen LogP contribution in [0.3, 0.4) is 0 Å². The van der Waals surface area contributed by atoms with E-state index in [0.717, 1.165) is 4.57 Å². The molecule has 19 heavy (non-hydrogen) atoms. The first-order valence-corrected chi connectivity index (χ1v) is 5.94. The van der Waals surface area contributed by atoms with Gasteiger partial charge in [-0.15, -0.1) is 0 Å². The molecule has 2 rings (SSSR count). The van der Waals surface area contributed by atoms with E-state index in [-0.39, 0.29) is 12.2 Å². The van der Waals surface area contributed by atoms with Crippen molar-refractivity contribution < 1.29 is 20.1 Å². The molecule has 8 heteroatoms. The summed E-state index contributed by atoms with van der Waals surface area (Å²) in [5.41, 5.74) is 3.40. The second-order valence-corrected chi connectivity index (χ2v) is 4.56. The maximum Gasteiger partial charge on any atom is 0.351 e. The number of aliphatic hydroxyl groups is 3. The molecule has 1 aliphatic rings. The first-order chi connectivity index (χ1) is 8.95. The highest BCUT2D eigenvalue weighted by Crippen LogP contribution is 2.38. The third-order valence-corrected chi connectivity index (χ3v) is 3.50. The van der Waals surface area contributed by atoms with Crippen molar-refractivity contribution >= 4 is 5.82 Å². The largest absolute Gasteiger partial charge is 0.393 e. The van der Waals surface area contributed by atoms with Crippen molar-refractivity contribution in [3.63, 3.8) is 0 Å². The topological polar surface area (TPSA) is 131 Å². The van der Waals surface area contributed by atoms with Crippen molar-refractivity contribution in [1.82, 2.24) is 9.55 Å². The van der Waals surface area contributed by atoms with Gasteiger partial charge in [0, 0.05) is 6.20 Å². The normalized spacial score (nSPS) is 34.6. The number of anilines is 1. The van der Waals surface area contributed by atoms with Gasteiger partial charge in [-0.05, 0) is 12.5 Å². The van der Waals surface area contributed by atoms with Crippen LogP contribution < -0.4 is 11.4 Å². The lowest BCUT2D eigenvalue weighted by Gasteiger charge is -2.28. The number of aliphatic hydroxyl groups excluding tert-OH is 3. The Hall–Kier alpha value is -1.48. The van der Waals surface area contributed by atoms with E-state index in [2.05, 4.69) is 4.98 Å². The quantitative estimate of drug-likeness (QED) is 0.511. The van der Waals surface area contributed by atoms with Gasteiger partial charge in [0.25, 0.3) is 0 Å². The second kappa shape index (κ2) is 4.89. The fraction of sp³-hybridized carbons (Fsp3) is 0.636. The Bertz CT molecular complexity index is 513. The third-order valence-electron chi connectivity index (χ3n) is 3.50. The lowest BCUT2D eigenvalue weighted by Crippen LogP contribution is -2.45. The highest BCUT2D eigenvalue weighted by atomic mass is 16.6. The Labute approximate surface area is 109 Å². The van der Waals surface area contributed by atoms with Gasteiger partial charge >= 0.3 is 5.69 Å². The summed E-state index contributed by atoms with van der Waals surface area (Å²) in [6, 6.07) is 1.38. The number of rotatable bonds is 3. The van der Waals surface area contributed by atoms with Crippen molar-refractivity contribution in [2.24, 2.45) is 0 Å². The minimum absolute atomic E-state index is 0.0539. The highest BCUT2D eigenvalue weighted by Gasteiger charge is 2.53. The smallest absolute Gasteiger partial charge is 0.351 e. The molecule has 0 saturated carbocycles. The van der Waals surface area contributed by atoms with Gasteiger partial charge in [0.15, 0.2) is 6.23 Å². The van der Waals surface area contributed by atoms with Gasteiger partial charge in [0.1, 0.15) is 23.6 Å². The Morgan fingerprint density at radius 2 is 2.26 bits per heavy atom. The van der Waals surface area contributed by atoms with Crippen LogP contribution in [-0.2, 0) is 4.74 Å². The van der Waals surface area contributed by atoms with Gasteiger partial charge in [0.05, 0.1) is 6.61 Å². The molecule has 106 valence electrons. The van der Waals surface area contributed by atoms with Crippen LogP contribution in [0.25, 0.3) is 0 Å². The summed E-state index contributed by atoms with van der Waals surface area (Å²) in [4.78, 5) is 15.2. The standard InChI is InChI=1S/C11H17N3O5/c1-2-11(5-15)8(17)7(16)9(19-11)14-4-3-6(12)13-10(14)18/h3-4,7-9,15-17H,2,5H2,1H3,(H2,12,13,18). The van der Waals surface area contributed by atoms with Crippen LogP contribution in [0.5, 0.6) is 0 Å². The van der Waals surface area contributed by atoms with E-state index in [4.69, 9.17) is 10.5 Å². The Balaban J connectivity index is 2.39. The number of hydrogen-bond acceptors (Lipinski definition) is 7. The lowest BCUT2D eigenvalue weighted by atomic mass is 9.93. The summed E-state index contributed by atoms with van der Waals surface area (Å²) in [6.45, 7) is 1.24. The van der Waals surface area contributed by atoms with E-state index < -0.39 is 36.3 Å². The molecule has 0 bridgehead atoms. The average molecular weight is 271 g/mol. The molecule has 0 radical (unpaired) electrons. The van der Waals surface area contributed by atoms with Gasteiger partial charge in [-0.3, -0.25) is 4.57 Å². The summed E-state index contributed by atoms with van der Waals surface area (Å²) >= 11 is 0. The van der Waals surface area contributed by atoms with Crippen molar-refractivity contribution in [1.29, 1.82) is 0 Å². The lowest BCUT2D eigenvalue weighted by molar-refractivity contribution is -0.130. The molecular weight excluding hydrogens is 254 g/mol. The predicted molar refractivity (Wildman–Crippen MR) is 65.2 cm³/mol. The van der Waals surface area contributed by atoms with Gasteiger partial charge in [-0.2, -0.15) is 4.98 Å². The highest BCUT2D eigenvalue weighted by molar-refractivity contribution is 5.23. The van der Waals surface area contributed by atoms with Crippen LogP contribution in [-0.4, -0.2) is 49.3 Å². The van der Waals surface area contributed by atoms with E-state index in [1.807, 2.05) is 0 Å². The van der Waals surface area contributed by atoms with E-state index in [9.17, 15) is 20.1 Å². The molecule has 1 aliphatic heterocycles. The fourth-order valence-corrected chi connectivity index (χ4v) is 2.22. The summed E-state index contributed by atoms with van der Waals surface area (Å²) < 4.78 is 6.55. The maximum absolute atomic E-state index is 11.7. The monoisotopic (exact) mass is 271 g/mol. The summed E-state index contributed by atoms with van der Waals surface area (Å²) in [6.07, 6.45) is -2.13. The number of nitrogens with two attached hydrogens (primary N) is 1. The molecule has 4 atom stereocenters. The van der Waals surface area contributed by atoms with Crippen molar-refractivity contribution in [3.05, 3.63) is 22.7 Å². The molecule has 1 aromatic heterocycles. The molecule has 1 aromatic rings. The molecule has 5 N–H and O–H groups in total. The van der Waals surface area contributed by atoms with Crippen LogP contribution in [0.4, 0.5) is 5.82 Å². The predicted octanol–water partition coefficient (Wildman–Crippen LogP) is -1.78. The number of nitrogens with zero attached hydrogens (tertiary/aromatic N) is 2. The van der Waals surface area contributed by atoms with Gasteiger partial charge in [-0.25, -0.2) is 4.79 Å². The van der Waals surface area contributed by atoms with Crippen LogP contribution in [0.15, 0.2) is 17.1 Å².